The van der Waals surface area contributed by atoms with E-state index in [0.29, 0.717) is 18.7 Å². The maximum absolute atomic E-state index is 13.5. The number of carbonyl (C=O) groups excluding carboxylic acids is 4. The highest BCUT2D eigenvalue weighted by molar-refractivity contribution is 5.97. The van der Waals surface area contributed by atoms with Crippen molar-refractivity contribution in [1.82, 2.24) is 25.1 Å². The van der Waals surface area contributed by atoms with E-state index < -0.39 is 29.6 Å². The van der Waals surface area contributed by atoms with Crippen LogP contribution in [-0.4, -0.2) is 88.1 Å². The van der Waals surface area contributed by atoms with Gasteiger partial charge in [-0.15, -0.1) is 0 Å². The molecule has 2 aromatic rings. The molecule has 1 saturated heterocycles. The largest absolute Gasteiger partial charge is 0.460 e. The molecule has 1 fully saturated rings. The van der Waals surface area contributed by atoms with Gasteiger partial charge in [-0.3, -0.25) is 14.4 Å². The highest BCUT2D eigenvalue weighted by atomic mass is 16.6. The lowest BCUT2D eigenvalue weighted by atomic mass is 10.1. The van der Waals surface area contributed by atoms with Crippen molar-refractivity contribution < 1.29 is 28.7 Å². The monoisotopic (exact) mass is 540 g/mol. The summed E-state index contributed by atoms with van der Waals surface area (Å²) in [6, 6.07) is 9.35. The molecule has 0 spiro atoms. The molecule has 12 heteroatoms. The number of ether oxygens (including phenoxy) is 2. The van der Waals surface area contributed by atoms with Crippen LogP contribution in [0.4, 0.5) is 10.6 Å². The molecule has 1 aliphatic heterocycles. The second kappa shape index (κ2) is 13.0. The average Bonchev–Trinajstić information content (AvgIpc) is 2.90. The Morgan fingerprint density at radius 1 is 1.03 bits per heavy atom. The van der Waals surface area contributed by atoms with Crippen LogP contribution in [0.5, 0.6) is 0 Å². The van der Waals surface area contributed by atoms with Crippen molar-refractivity contribution in [1.29, 1.82) is 0 Å². The first kappa shape index (κ1) is 29.3. The molecule has 2 heterocycles. The fourth-order valence-electron chi connectivity index (χ4n) is 3.99. The number of nitrogens with zero attached hydrogens (tertiary/aromatic N) is 4. The Hall–Kier alpha value is -4.22. The van der Waals surface area contributed by atoms with Crippen LogP contribution in [0.3, 0.4) is 0 Å². The number of hydrogen-bond acceptors (Lipinski definition) is 9. The fraction of sp³-hybridized carbons (Fsp3) is 0.481. The first-order valence-electron chi connectivity index (χ1n) is 12.9. The summed E-state index contributed by atoms with van der Waals surface area (Å²) in [7, 11) is 0. The number of nitrogen functional groups attached to an aromatic ring is 1. The summed E-state index contributed by atoms with van der Waals surface area (Å²) < 4.78 is 10.4. The lowest BCUT2D eigenvalue weighted by Crippen LogP contribution is -2.56. The number of aromatic nitrogens is 2. The molecule has 39 heavy (non-hydrogen) atoms. The van der Waals surface area contributed by atoms with Gasteiger partial charge in [-0.25, -0.2) is 14.8 Å². The molecule has 3 N–H and O–H groups in total. The lowest BCUT2D eigenvalue weighted by molar-refractivity contribution is -0.155. The van der Waals surface area contributed by atoms with Crippen molar-refractivity contribution in [3.63, 3.8) is 0 Å². The molecular weight excluding hydrogens is 504 g/mol. The van der Waals surface area contributed by atoms with Gasteiger partial charge in [0.05, 0.1) is 6.61 Å². The molecule has 0 bridgehead atoms. The Labute approximate surface area is 227 Å². The van der Waals surface area contributed by atoms with E-state index in [-0.39, 0.29) is 55.8 Å². The first-order chi connectivity index (χ1) is 18.5. The number of carbonyl (C=O) groups is 4. The van der Waals surface area contributed by atoms with Crippen molar-refractivity contribution >= 4 is 29.7 Å². The maximum atomic E-state index is 13.5. The Bertz CT molecular complexity index is 1180. The average molecular weight is 541 g/mol. The van der Waals surface area contributed by atoms with Gasteiger partial charge in [-0.2, -0.15) is 0 Å². The number of nitrogens with two attached hydrogens (primary N) is 1. The Balaban J connectivity index is 1.76. The number of anilines is 1. The molecule has 1 unspecified atom stereocenters. The third-order valence-corrected chi connectivity index (χ3v) is 5.79. The number of nitrogens with one attached hydrogen (secondary N) is 1. The van der Waals surface area contributed by atoms with E-state index in [4.69, 9.17) is 15.2 Å². The van der Waals surface area contributed by atoms with Gasteiger partial charge in [-0.1, -0.05) is 30.3 Å². The van der Waals surface area contributed by atoms with Crippen LogP contribution in [0.1, 0.15) is 51.0 Å². The summed E-state index contributed by atoms with van der Waals surface area (Å²) in [5.41, 5.74) is 5.93. The van der Waals surface area contributed by atoms with Gasteiger partial charge in [0, 0.05) is 44.2 Å². The zero-order chi connectivity index (χ0) is 28.6. The van der Waals surface area contributed by atoms with Crippen molar-refractivity contribution in [2.45, 2.75) is 52.2 Å². The van der Waals surface area contributed by atoms with Crippen LogP contribution in [0.25, 0.3) is 11.4 Å². The Morgan fingerprint density at radius 3 is 2.28 bits per heavy atom. The van der Waals surface area contributed by atoms with Crippen LogP contribution in [-0.2, 0) is 19.1 Å². The van der Waals surface area contributed by atoms with E-state index in [1.165, 1.54) is 11.0 Å². The summed E-state index contributed by atoms with van der Waals surface area (Å²) in [5, 5.41) is 2.72. The van der Waals surface area contributed by atoms with Crippen molar-refractivity contribution in [3.05, 3.63) is 42.1 Å². The molecule has 3 rings (SSSR count). The molecule has 0 saturated carbocycles. The summed E-state index contributed by atoms with van der Waals surface area (Å²) >= 11 is 0. The van der Waals surface area contributed by atoms with E-state index >= 15 is 0 Å². The van der Waals surface area contributed by atoms with Crippen molar-refractivity contribution in [3.8, 4) is 11.4 Å². The van der Waals surface area contributed by atoms with Gasteiger partial charge in [0.1, 0.15) is 23.2 Å². The highest BCUT2D eigenvalue weighted by Gasteiger charge is 2.32. The van der Waals surface area contributed by atoms with Gasteiger partial charge < -0.3 is 30.3 Å². The second-order valence-electron chi connectivity index (χ2n) is 10.0. The molecule has 12 nitrogen and oxygen atoms in total. The van der Waals surface area contributed by atoms with Gasteiger partial charge in [0.25, 0.3) is 5.91 Å². The van der Waals surface area contributed by atoms with E-state index in [9.17, 15) is 19.2 Å². The number of rotatable bonds is 8. The molecule has 3 amide bonds. The molecule has 1 aromatic carbocycles. The summed E-state index contributed by atoms with van der Waals surface area (Å²) in [5.74, 6) is -1.12. The summed E-state index contributed by atoms with van der Waals surface area (Å²) in [4.78, 5) is 62.8. The predicted molar refractivity (Wildman–Crippen MR) is 143 cm³/mol. The molecule has 1 aromatic heterocycles. The smallest absolute Gasteiger partial charge is 0.409 e. The van der Waals surface area contributed by atoms with Gasteiger partial charge in [0.2, 0.25) is 5.91 Å². The first-order valence-corrected chi connectivity index (χ1v) is 12.9. The van der Waals surface area contributed by atoms with Crippen LogP contribution in [0, 0.1) is 0 Å². The highest BCUT2D eigenvalue weighted by Crippen LogP contribution is 2.17. The zero-order valence-electron chi connectivity index (χ0n) is 22.8. The van der Waals surface area contributed by atoms with Crippen LogP contribution in [0.15, 0.2) is 36.4 Å². The number of hydrogen-bond donors (Lipinski definition) is 2. The van der Waals surface area contributed by atoms with Crippen molar-refractivity contribution in [2.24, 2.45) is 0 Å². The molecule has 0 aliphatic carbocycles. The van der Waals surface area contributed by atoms with Crippen molar-refractivity contribution in [2.75, 3.05) is 38.5 Å². The number of benzene rings is 1. The minimum Gasteiger partial charge on any atom is -0.460 e. The molecule has 0 radical (unpaired) electrons. The van der Waals surface area contributed by atoms with E-state index in [0.717, 1.165) is 0 Å². The van der Waals surface area contributed by atoms with Crippen LogP contribution in [0.2, 0.25) is 0 Å². The normalized spacial score (nSPS) is 14.4. The second-order valence-corrected chi connectivity index (χ2v) is 10.0. The quantitative estimate of drug-likeness (QED) is 0.479. The Morgan fingerprint density at radius 2 is 1.67 bits per heavy atom. The van der Waals surface area contributed by atoms with Gasteiger partial charge in [-0.05, 0) is 34.1 Å². The van der Waals surface area contributed by atoms with Crippen LogP contribution < -0.4 is 11.1 Å². The fourth-order valence-corrected chi connectivity index (χ4v) is 3.99. The van der Waals surface area contributed by atoms with E-state index in [1.807, 2.05) is 18.2 Å². The van der Waals surface area contributed by atoms with Crippen LogP contribution >= 0.6 is 0 Å². The minimum atomic E-state index is -1.03. The van der Waals surface area contributed by atoms with E-state index in [2.05, 4.69) is 15.3 Å². The number of piperazine rings is 1. The maximum Gasteiger partial charge on any atom is 0.409 e. The molecule has 210 valence electrons. The standard InChI is InChI=1S/C27H36N6O6/c1-5-38-26(37)33-15-13-32(14-16-33)25(36)19(11-12-22(34)39-27(2,3)4)30-24(35)20-17-21(28)31-23(29-20)18-9-7-6-8-10-18/h6-10,17,19H,5,11-16H2,1-4H3,(H,30,35)(H2,28,29,31). The minimum absolute atomic E-state index is 0.0106. The SMILES string of the molecule is CCOC(=O)N1CCN(C(=O)C(CCC(=O)OC(C)(C)C)NC(=O)c2cc(N)nc(-c3ccccc3)n2)CC1. The number of amides is 3. The number of esters is 1. The summed E-state index contributed by atoms with van der Waals surface area (Å²) in [6.45, 7) is 8.34. The van der Waals surface area contributed by atoms with Gasteiger partial charge in [0.15, 0.2) is 5.82 Å². The third kappa shape index (κ3) is 8.66. The topological polar surface area (TPSA) is 157 Å². The summed E-state index contributed by atoms with van der Waals surface area (Å²) in [6.07, 6.45) is -0.503. The molecular formula is C27H36N6O6. The zero-order valence-corrected chi connectivity index (χ0v) is 22.8. The lowest BCUT2D eigenvalue weighted by Gasteiger charge is -2.36. The predicted octanol–water partition coefficient (Wildman–Crippen LogP) is 2.25. The van der Waals surface area contributed by atoms with Gasteiger partial charge >= 0.3 is 12.1 Å². The molecule has 1 aliphatic rings. The third-order valence-electron chi connectivity index (χ3n) is 5.79. The molecule has 1 atom stereocenters. The Kier molecular flexibility index (Phi) is 9.80. The van der Waals surface area contributed by atoms with E-state index in [1.54, 1.807) is 44.7 Å².